The molecule has 2 heterocycles. The molecule has 0 spiro atoms. The fourth-order valence-electron chi connectivity index (χ4n) is 2.80. The average Bonchev–Trinajstić information content (AvgIpc) is 3.14. The van der Waals surface area contributed by atoms with Gasteiger partial charge in [-0.3, -0.25) is 0 Å². The largest absolute Gasteiger partial charge is 0.504 e. The van der Waals surface area contributed by atoms with E-state index >= 15 is 0 Å². The Labute approximate surface area is 164 Å². The number of methoxy groups -OCH3 is 1. The molecule has 0 aliphatic heterocycles. The van der Waals surface area contributed by atoms with Gasteiger partial charge in [0.25, 0.3) is 0 Å². The highest BCUT2D eigenvalue weighted by molar-refractivity contribution is 6.29. The molecule has 8 heteroatoms. The molecular weight excluding hydrogens is 382 g/mol. The summed E-state index contributed by atoms with van der Waals surface area (Å²) in [5.41, 5.74) is 2.83. The second-order valence-electron chi connectivity index (χ2n) is 5.96. The number of aromatic amines is 1. The first-order valence-corrected chi connectivity index (χ1v) is 8.63. The van der Waals surface area contributed by atoms with Crippen LogP contribution in [0.1, 0.15) is 0 Å². The fraction of sp³-hybridized carbons (Fsp3) is 0.0500. The predicted octanol–water partition coefficient (Wildman–Crippen LogP) is 4.13. The van der Waals surface area contributed by atoms with Crippen LogP contribution in [0, 0.1) is 0 Å². The number of H-pyrrole nitrogens is 1. The average molecular weight is 396 g/mol. The molecule has 0 aliphatic carbocycles. The van der Waals surface area contributed by atoms with Gasteiger partial charge in [0.15, 0.2) is 22.4 Å². The summed E-state index contributed by atoms with van der Waals surface area (Å²) in [6.45, 7) is 0. The molecule has 2 aromatic carbocycles. The molecule has 0 saturated heterocycles. The zero-order valence-corrected chi connectivity index (χ0v) is 15.4. The van der Waals surface area contributed by atoms with E-state index in [1.54, 1.807) is 24.3 Å². The standard InChI is InChI=1S/C20H14ClN3O4/c1-27-18-8-13(6-7-16(18)25)15-9-14(22-20(26)23-15)11-2-4-12(5-3-11)17-10-19(21)24-28-17/h2-10,25H,1H3,(H,22,23,26). The van der Waals surface area contributed by atoms with Crippen LogP contribution in [0.5, 0.6) is 11.5 Å². The van der Waals surface area contributed by atoms with Crippen molar-refractivity contribution in [2.24, 2.45) is 0 Å². The van der Waals surface area contributed by atoms with Gasteiger partial charge in [0.1, 0.15) is 0 Å². The quantitative estimate of drug-likeness (QED) is 0.538. The molecule has 140 valence electrons. The second-order valence-corrected chi connectivity index (χ2v) is 6.35. The molecule has 2 aromatic heterocycles. The van der Waals surface area contributed by atoms with Gasteiger partial charge in [-0.25, -0.2) is 4.79 Å². The van der Waals surface area contributed by atoms with Crippen LogP contribution in [0.2, 0.25) is 5.15 Å². The third-order valence-corrected chi connectivity index (χ3v) is 4.36. The van der Waals surface area contributed by atoms with Crippen LogP contribution < -0.4 is 10.4 Å². The van der Waals surface area contributed by atoms with Gasteiger partial charge in [-0.2, -0.15) is 4.98 Å². The van der Waals surface area contributed by atoms with Gasteiger partial charge in [0.05, 0.1) is 18.5 Å². The molecule has 0 unspecified atom stereocenters. The number of nitrogens with one attached hydrogen (secondary N) is 1. The van der Waals surface area contributed by atoms with Crippen LogP contribution in [-0.4, -0.2) is 27.3 Å². The lowest BCUT2D eigenvalue weighted by molar-refractivity contribution is 0.373. The van der Waals surface area contributed by atoms with Gasteiger partial charge in [0.2, 0.25) is 0 Å². The summed E-state index contributed by atoms with van der Waals surface area (Å²) in [6, 6.07) is 15.5. The van der Waals surface area contributed by atoms with Crippen LogP contribution in [0.3, 0.4) is 0 Å². The van der Waals surface area contributed by atoms with Gasteiger partial charge in [-0.1, -0.05) is 41.0 Å². The Balaban J connectivity index is 1.72. The molecule has 0 amide bonds. The summed E-state index contributed by atoms with van der Waals surface area (Å²) in [5, 5.41) is 13.7. The Kier molecular flexibility index (Phi) is 4.58. The van der Waals surface area contributed by atoms with E-state index in [2.05, 4.69) is 15.1 Å². The number of phenols is 1. The van der Waals surface area contributed by atoms with Crippen molar-refractivity contribution < 1.29 is 14.4 Å². The Hall–Kier alpha value is -3.58. The summed E-state index contributed by atoms with van der Waals surface area (Å²) in [4.78, 5) is 18.8. The minimum atomic E-state index is -0.481. The molecule has 0 atom stereocenters. The number of nitrogens with zero attached hydrogens (tertiary/aromatic N) is 2. The Morgan fingerprint density at radius 3 is 2.43 bits per heavy atom. The maximum absolute atomic E-state index is 12.1. The zero-order chi connectivity index (χ0) is 19.7. The van der Waals surface area contributed by atoms with Crippen molar-refractivity contribution >= 4 is 11.6 Å². The van der Waals surface area contributed by atoms with Crippen LogP contribution >= 0.6 is 11.6 Å². The smallest absolute Gasteiger partial charge is 0.345 e. The van der Waals surface area contributed by atoms with E-state index in [9.17, 15) is 9.90 Å². The number of aromatic hydroxyl groups is 1. The first-order valence-electron chi connectivity index (χ1n) is 8.25. The first kappa shape index (κ1) is 17.8. The number of halogens is 1. The van der Waals surface area contributed by atoms with Gasteiger partial charge < -0.3 is 19.4 Å². The third-order valence-electron chi connectivity index (χ3n) is 4.18. The molecule has 0 saturated carbocycles. The van der Waals surface area contributed by atoms with Crippen molar-refractivity contribution in [3.8, 4) is 45.3 Å². The first-order chi connectivity index (χ1) is 13.5. The highest BCUT2D eigenvalue weighted by atomic mass is 35.5. The van der Waals surface area contributed by atoms with E-state index in [-0.39, 0.29) is 10.9 Å². The molecule has 0 bridgehead atoms. The maximum atomic E-state index is 12.1. The van der Waals surface area contributed by atoms with E-state index in [0.29, 0.717) is 28.5 Å². The number of hydrogen-bond acceptors (Lipinski definition) is 6. The molecule has 7 nitrogen and oxygen atoms in total. The van der Waals surface area contributed by atoms with Crippen LogP contribution in [0.25, 0.3) is 33.8 Å². The highest BCUT2D eigenvalue weighted by Crippen LogP contribution is 2.31. The summed E-state index contributed by atoms with van der Waals surface area (Å²) in [6.07, 6.45) is 0. The van der Waals surface area contributed by atoms with E-state index in [0.717, 1.165) is 11.1 Å². The van der Waals surface area contributed by atoms with Gasteiger partial charge in [-0.15, -0.1) is 0 Å². The number of hydrogen-bond donors (Lipinski definition) is 2. The lowest BCUT2D eigenvalue weighted by Crippen LogP contribution is -2.11. The molecule has 0 fully saturated rings. The van der Waals surface area contributed by atoms with Gasteiger partial charge in [0, 0.05) is 17.2 Å². The van der Waals surface area contributed by atoms with Crippen molar-refractivity contribution in [1.82, 2.24) is 15.1 Å². The number of phenolic OH excluding ortho intramolecular Hbond substituents is 1. The summed E-state index contributed by atoms with van der Waals surface area (Å²) < 4.78 is 10.3. The second kappa shape index (κ2) is 7.21. The SMILES string of the molecule is COc1cc(-c2cc(-c3ccc(-c4cc(Cl)no4)cc3)[nH]c(=O)n2)ccc1O. The zero-order valence-electron chi connectivity index (χ0n) is 14.6. The molecule has 4 rings (SSSR count). The minimum absolute atomic E-state index is 0.0134. The van der Waals surface area contributed by atoms with E-state index in [4.69, 9.17) is 20.9 Å². The van der Waals surface area contributed by atoms with Crippen LogP contribution in [-0.2, 0) is 0 Å². The van der Waals surface area contributed by atoms with Crippen molar-refractivity contribution in [2.45, 2.75) is 0 Å². The topological polar surface area (TPSA) is 101 Å². The van der Waals surface area contributed by atoms with Crippen LogP contribution in [0.4, 0.5) is 0 Å². The normalized spacial score (nSPS) is 10.8. The lowest BCUT2D eigenvalue weighted by atomic mass is 10.0. The fourth-order valence-corrected chi connectivity index (χ4v) is 2.94. The van der Waals surface area contributed by atoms with Crippen LogP contribution in [0.15, 0.2) is 63.9 Å². The Morgan fingerprint density at radius 2 is 1.75 bits per heavy atom. The summed E-state index contributed by atoms with van der Waals surface area (Å²) >= 11 is 5.79. The van der Waals surface area contributed by atoms with E-state index in [1.807, 2.05) is 24.3 Å². The minimum Gasteiger partial charge on any atom is -0.504 e. The van der Waals surface area contributed by atoms with E-state index in [1.165, 1.54) is 13.2 Å². The van der Waals surface area contributed by atoms with Gasteiger partial charge in [-0.05, 0) is 29.8 Å². The lowest BCUT2D eigenvalue weighted by Gasteiger charge is -2.08. The number of ether oxygens (including phenoxy) is 1. The predicted molar refractivity (Wildman–Crippen MR) is 104 cm³/mol. The van der Waals surface area contributed by atoms with Crippen molar-refractivity contribution in [2.75, 3.05) is 7.11 Å². The molecule has 2 N–H and O–H groups in total. The highest BCUT2D eigenvalue weighted by Gasteiger charge is 2.10. The molecular formula is C20H14ClN3O4. The maximum Gasteiger partial charge on any atom is 0.345 e. The number of rotatable bonds is 4. The number of aromatic nitrogens is 3. The summed E-state index contributed by atoms with van der Waals surface area (Å²) in [7, 11) is 1.46. The van der Waals surface area contributed by atoms with E-state index < -0.39 is 5.69 Å². The monoisotopic (exact) mass is 395 g/mol. The molecule has 0 aliphatic rings. The Morgan fingerprint density at radius 1 is 1.04 bits per heavy atom. The Bertz CT molecular complexity index is 1200. The van der Waals surface area contributed by atoms with Crippen molar-refractivity contribution in [3.63, 3.8) is 0 Å². The van der Waals surface area contributed by atoms with Gasteiger partial charge >= 0.3 is 5.69 Å². The molecule has 0 radical (unpaired) electrons. The van der Waals surface area contributed by atoms with Crippen molar-refractivity contribution in [1.29, 1.82) is 0 Å². The third kappa shape index (κ3) is 3.47. The van der Waals surface area contributed by atoms with Crippen molar-refractivity contribution in [3.05, 3.63) is 70.2 Å². The molecule has 4 aromatic rings. The summed E-state index contributed by atoms with van der Waals surface area (Å²) in [5.74, 6) is 0.868. The number of benzene rings is 2. The molecule has 28 heavy (non-hydrogen) atoms.